The molecule has 1 N–H and O–H groups in total. The van der Waals surface area contributed by atoms with Crippen molar-refractivity contribution in [3.8, 4) is 0 Å². The number of nitrogens with one attached hydrogen (secondary N) is 1. The molecule has 1 nitrogen and oxygen atoms in total. The fraction of sp³-hybridized carbons (Fsp3) is 0.724. The Labute approximate surface area is 188 Å². The van der Waals surface area contributed by atoms with E-state index in [1.807, 2.05) is 0 Å². The first-order chi connectivity index (χ1) is 14.7. The Balaban J connectivity index is 0.000000263. The molecule has 0 spiro atoms. The van der Waals surface area contributed by atoms with E-state index >= 15 is 0 Å². The second-order valence-corrected chi connectivity index (χ2v) is 9.78. The summed E-state index contributed by atoms with van der Waals surface area (Å²) in [6, 6.07) is 8.50. The maximum absolute atomic E-state index is 3.35. The number of rotatable bonds is 15. The Morgan fingerprint density at radius 1 is 0.833 bits per heavy atom. The third kappa shape index (κ3) is 10.7. The minimum Gasteiger partial charge on any atom is -0.384 e. The number of fused-ring (bicyclic) bond motifs is 1. The van der Waals surface area contributed by atoms with E-state index in [0.29, 0.717) is 5.92 Å². The molecule has 0 fully saturated rings. The van der Waals surface area contributed by atoms with Crippen molar-refractivity contribution in [2.45, 2.75) is 123 Å². The molecule has 1 heterocycles. The zero-order chi connectivity index (χ0) is 21.4. The van der Waals surface area contributed by atoms with Gasteiger partial charge in [-0.15, -0.1) is 0 Å². The summed E-state index contributed by atoms with van der Waals surface area (Å²) in [5.41, 5.74) is 4.50. The van der Waals surface area contributed by atoms with Gasteiger partial charge in [0.1, 0.15) is 0 Å². The Morgan fingerprint density at radius 2 is 1.37 bits per heavy atom. The normalized spacial score (nSPS) is 17.4. The van der Waals surface area contributed by atoms with Gasteiger partial charge in [-0.05, 0) is 30.4 Å². The van der Waals surface area contributed by atoms with Crippen LogP contribution in [0.25, 0.3) is 0 Å². The summed E-state index contributed by atoms with van der Waals surface area (Å²) in [4.78, 5) is 0. The molecule has 2 unspecified atom stereocenters. The molecule has 30 heavy (non-hydrogen) atoms. The van der Waals surface area contributed by atoms with Crippen LogP contribution in [-0.4, -0.2) is 6.54 Å². The van der Waals surface area contributed by atoms with E-state index in [2.05, 4.69) is 56.4 Å². The SMILES string of the molecule is CC1CNc2ccccc21.CCCCCCCCCCCCCCCC(C)C1=CC1. The molecule has 1 aromatic rings. The van der Waals surface area contributed by atoms with Crippen molar-refractivity contribution >= 4 is 5.69 Å². The number of anilines is 1. The number of hydrogen-bond donors (Lipinski definition) is 1. The summed E-state index contributed by atoms with van der Waals surface area (Å²) < 4.78 is 0. The Hall–Kier alpha value is -1.24. The van der Waals surface area contributed by atoms with E-state index in [0.717, 1.165) is 12.5 Å². The highest BCUT2D eigenvalue weighted by Crippen LogP contribution is 2.31. The van der Waals surface area contributed by atoms with Crippen LogP contribution in [0.5, 0.6) is 0 Å². The van der Waals surface area contributed by atoms with Crippen molar-refractivity contribution in [2.24, 2.45) is 5.92 Å². The van der Waals surface area contributed by atoms with E-state index in [4.69, 9.17) is 0 Å². The summed E-state index contributed by atoms with van der Waals surface area (Å²) in [5.74, 6) is 1.58. The van der Waals surface area contributed by atoms with Crippen LogP contribution in [0.3, 0.4) is 0 Å². The van der Waals surface area contributed by atoms with Gasteiger partial charge in [0.25, 0.3) is 0 Å². The largest absolute Gasteiger partial charge is 0.384 e. The molecule has 3 rings (SSSR count). The lowest BCUT2D eigenvalue weighted by molar-refractivity contribution is 0.516. The molecule has 1 aromatic carbocycles. The molecule has 0 amide bonds. The topological polar surface area (TPSA) is 12.0 Å². The van der Waals surface area contributed by atoms with Crippen LogP contribution >= 0.6 is 0 Å². The monoisotopic (exact) mass is 411 g/mol. The van der Waals surface area contributed by atoms with E-state index in [1.165, 1.54) is 108 Å². The average Bonchev–Trinajstić information content (AvgIpc) is 3.55. The first-order valence-corrected chi connectivity index (χ1v) is 13.2. The van der Waals surface area contributed by atoms with Crippen LogP contribution in [0.15, 0.2) is 35.9 Å². The lowest BCUT2D eigenvalue weighted by atomic mass is 9.99. The third-order valence-corrected chi connectivity index (χ3v) is 6.90. The number of benzene rings is 1. The van der Waals surface area contributed by atoms with Crippen LogP contribution in [0.4, 0.5) is 5.69 Å². The number of hydrogen-bond acceptors (Lipinski definition) is 1. The minimum absolute atomic E-state index is 0.691. The van der Waals surface area contributed by atoms with Crippen molar-refractivity contribution in [3.63, 3.8) is 0 Å². The van der Waals surface area contributed by atoms with E-state index in [1.54, 1.807) is 5.57 Å². The first-order valence-electron chi connectivity index (χ1n) is 13.2. The first kappa shape index (κ1) is 25.0. The minimum atomic E-state index is 0.691. The fourth-order valence-electron chi connectivity index (χ4n) is 4.58. The number of unbranched alkanes of at least 4 members (excludes halogenated alkanes) is 12. The highest BCUT2D eigenvalue weighted by molar-refractivity contribution is 5.57. The lowest BCUT2D eigenvalue weighted by Crippen LogP contribution is -1.95. The second kappa shape index (κ2) is 15.5. The maximum atomic E-state index is 3.35. The van der Waals surface area contributed by atoms with Crippen LogP contribution in [0.2, 0.25) is 0 Å². The summed E-state index contributed by atoms with van der Waals surface area (Å²) in [5, 5.41) is 3.35. The predicted molar refractivity (Wildman–Crippen MR) is 136 cm³/mol. The zero-order valence-corrected chi connectivity index (χ0v) is 20.4. The Morgan fingerprint density at radius 3 is 1.90 bits per heavy atom. The fourth-order valence-corrected chi connectivity index (χ4v) is 4.58. The van der Waals surface area contributed by atoms with Gasteiger partial charge in [0, 0.05) is 18.2 Å². The van der Waals surface area contributed by atoms with Crippen molar-refractivity contribution in [2.75, 3.05) is 11.9 Å². The molecular weight excluding hydrogens is 362 g/mol. The molecule has 0 bridgehead atoms. The smallest absolute Gasteiger partial charge is 0.0376 e. The third-order valence-electron chi connectivity index (χ3n) is 6.90. The summed E-state index contributed by atoms with van der Waals surface area (Å²) in [6.07, 6.45) is 24.2. The van der Waals surface area contributed by atoms with E-state index < -0.39 is 0 Å². The molecule has 0 aromatic heterocycles. The van der Waals surface area contributed by atoms with Gasteiger partial charge >= 0.3 is 0 Å². The maximum Gasteiger partial charge on any atom is 0.0376 e. The summed E-state index contributed by atoms with van der Waals surface area (Å²) in [7, 11) is 0. The number of allylic oxidation sites excluding steroid dienone is 2. The second-order valence-electron chi connectivity index (χ2n) is 9.78. The predicted octanol–water partition coefficient (Wildman–Crippen LogP) is 9.65. The summed E-state index contributed by atoms with van der Waals surface area (Å²) >= 11 is 0. The van der Waals surface area contributed by atoms with E-state index in [-0.39, 0.29) is 0 Å². The van der Waals surface area contributed by atoms with Crippen molar-refractivity contribution < 1.29 is 0 Å². The van der Waals surface area contributed by atoms with E-state index in [9.17, 15) is 0 Å². The van der Waals surface area contributed by atoms with Gasteiger partial charge in [-0.25, -0.2) is 0 Å². The molecule has 2 aliphatic rings. The van der Waals surface area contributed by atoms with Crippen molar-refractivity contribution in [1.29, 1.82) is 0 Å². The molecule has 1 aliphatic heterocycles. The summed E-state index contributed by atoms with van der Waals surface area (Å²) in [6.45, 7) is 8.04. The van der Waals surface area contributed by atoms with Crippen LogP contribution in [0, 0.1) is 5.92 Å². The van der Waals surface area contributed by atoms with Crippen molar-refractivity contribution in [3.05, 3.63) is 41.5 Å². The van der Waals surface area contributed by atoms with Gasteiger partial charge in [-0.2, -0.15) is 0 Å². The van der Waals surface area contributed by atoms with Crippen LogP contribution in [-0.2, 0) is 0 Å². The van der Waals surface area contributed by atoms with Gasteiger partial charge in [0.05, 0.1) is 0 Å². The Bertz CT molecular complexity index is 588. The molecular formula is C29H49N. The lowest BCUT2D eigenvalue weighted by Gasteiger charge is -2.07. The highest BCUT2D eigenvalue weighted by Gasteiger charge is 2.16. The molecule has 170 valence electrons. The molecule has 1 heteroatoms. The van der Waals surface area contributed by atoms with Crippen molar-refractivity contribution in [1.82, 2.24) is 0 Å². The van der Waals surface area contributed by atoms with Crippen LogP contribution in [0.1, 0.15) is 129 Å². The standard InChI is InChI=1S/C20H38.C9H11N/c1-3-4-5-6-7-8-9-10-11-12-13-14-15-16-19(2)20-17-18-20;1-7-6-10-9-5-3-2-4-8(7)9/h17,19H,3-16,18H2,1-2H3;2-5,7,10H,6H2,1H3. The Kier molecular flexibility index (Phi) is 13.0. The molecule has 2 atom stereocenters. The highest BCUT2D eigenvalue weighted by atomic mass is 14.9. The van der Waals surface area contributed by atoms with Gasteiger partial charge in [-0.1, -0.05) is 134 Å². The quantitative estimate of drug-likeness (QED) is 0.224. The van der Waals surface area contributed by atoms with Gasteiger partial charge in [0.2, 0.25) is 0 Å². The van der Waals surface area contributed by atoms with Gasteiger partial charge in [0.15, 0.2) is 0 Å². The molecule has 1 aliphatic carbocycles. The zero-order valence-electron chi connectivity index (χ0n) is 20.4. The molecule has 0 saturated heterocycles. The average molecular weight is 412 g/mol. The van der Waals surface area contributed by atoms with Gasteiger partial charge in [-0.3, -0.25) is 0 Å². The molecule has 0 saturated carbocycles. The van der Waals surface area contributed by atoms with Crippen LogP contribution < -0.4 is 5.32 Å². The number of para-hydroxylation sites is 1. The van der Waals surface area contributed by atoms with Gasteiger partial charge < -0.3 is 5.32 Å². The molecule has 0 radical (unpaired) electrons.